The van der Waals surface area contributed by atoms with Crippen molar-refractivity contribution in [3.63, 3.8) is 0 Å². The number of aliphatic carboxylic acids is 1. The van der Waals surface area contributed by atoms with Crippen molar-refractivity contribution in [2.24, 2.45) is 33.7 Å². The highest BCUT2D eigenvalue weighted by atomic mass is 35.5. The third kappa shape index (κ3) is 13.4. The van der Waals surface area contributed by atoms with Crippen molar-refractivity contribution < 1.29 is 43.3 Å². The molecule has 0 aromatic heterocycles. The number of allylic oxidation sites excluding steroid dienone is 2. The molecule has 0 saturated carbocycles. The van der Waals surface area contributed by atoms with Gasteiger partial charge in [0.05, 0.1) is 50.6 Å². The first-order chi connectivity index (χ1) is 45.3. The monoisotopic (exact) mass is 1410 g/mol. The van der Waals surface area contributed by atoms with E-state index in [0.29, 0.717) is 119 Å². The molecule has 10 aliphatic heterocycles. The van der Waals surface area contributed by atoms with Crippen molar-refractivity contribution >= 4 is 116 Å². The number of thioether (sulfide) groups is 2. The van der Waals surface area contributed by atoms with E-state index in [0.717, 1.165) is 58.5 Å². The molecule has 0 unspecified atom stereocenters. The van der Waals surface area contributed by atoms with Crippen LogP contribution in [0.1, 0.15) is 103 Å². The number of fused-ring (bicyclic) bond motifs is 4. The second-order valence-electron chi connectivity index (χ2n) is 26.8. The predicted molar refractivity (Wildman–Crippen MR) is 372 cm³/mol. The molecule has 2 N–H and O–H groups in total. The van der Waals surface area contributed by atoms with Gasteiger partial charge in [0, 0.05) is 116 Å². The van der Waals surface area contributed by atoms with Gasteiger partial charge in [0.1, 0.15) is 26.9 Å². The Hall–Kier alpha value is -6.14. The average Bonchev–Trinajstić information content (AvgIpc) is 1.57. The van der Waals surface area contributed by atoms with Crippen molar-refractivity contribution in [3.05, 3.63) is 161 Å². The molecular formula is C70H80Cl4N10O9S2. The number of halogens is 4. The fraction of sp³-hybridized carbons (Fsp3) is 0.486. The number of carboxylic acids is 1. The normalized spacial score (nSPS) is 28.3. The Morgan fingerprint density at radius 1 is 0.537 bits per heavy atom. The van der Waals surface area contributed by atoms with Gasteiger partial charge in [0.15, 0.2) is 10.3 Å². The van der Waals surface area contributed by atoms with Crippen LogP contribution in [0.15, 0.2) is 128 Å². The Bertz CT molecular complexity index is 3760. The number of rotatable bonds is 10. The van der Waals surface area contributed by atoms with Crippen molar-refractivity contribution in [3.8, 4) is 0 Å². The van der Waals surface area contributed by atoms with Crippen LogP contribution in [0.5, 0.6) is 0 Å². The summed E-state index contributed by atoms with van der Waals surface area (Å²) in [6.07, 6.45) is 1.46. The summed E-state index contributed by atoms with van der Waals surface area (Å²) in [5.74, 6) is -0.183. The molecule has 10 aliphatic rings. The van der Waals surface area contributed by atoms with Gasteiger partial charge in [0.25, 0.3) is 5.91 Å². The van der Waals surface area contributed by atoms with E-state index < -0.39 is 23.1 Å². The fourth-order valence-electron chi connectivity index (χ4n) is 15.2. The molecule has 0 spiro atoms. The number of ether oxygens (including phenoxy) is 2. The van der Waals surface area contributed by atoms with Crippen LogP contribution in [0.25, 0.3) is 0 Å². The topological polar surface area (TPSA) is 201 Å². The maximum atomic E-state index is 14.9. The number of amides is 5. The summed E-state index contributed by atoms with van der Waals surface area (Å²) >= 11 is 27.5. The van der Waals surface area contributed by atoms with E-state index in [1.807, 2.05) is 126 Å². The summed E-state index contributed by atoms with van der Waals surface area (Å²) in [4.78, 5) is 101. The van der Waals surface area contributed by atoms with Gasteiger partial charge in [-0.25, -0.2) is 14.8 Å². The van der Waals surface area contributed by atoms with Gasteiger partial charge < -0.3 is 54.2 Å². The summed E-state index contributed by atoms with van der Waals surface area (Å²) in [6, 6.07) is 30.2. The van der Waals surface area contributed by atoms with Crippen LogP contribution in [-0.4, -0.2) is 188 Å². The SMILES string of the molecule is CC(=O)N1CCN(C(=O)[C@@H]2C[C@H]3COC[C@H]3N2)CC1.CC(=O)N1CCN(C(=O)[C@@H]2C[C@H]3COC[C@H]3N2C(=O)C2=C(C(C)C)N3C(=N[C@@](C)(c4ccc(Cl)cc4)[C@H]3c3ccc(Cl)cc3)S2)CC1.CC(C)C1=C(C(=O)O)SC2=N[C@@](C)(c3ccc(Cl)cc3)[C@@H](c3ccc(Cl)cc3)N21. The molecule has 0 bridgehead atoms. The second-order valence-corrected chi connectivity index (χ2v) is 30.5. The summed E-state index contributed by atoms with van der Waals surface area (Å²) in [6.45, 7) is 22.6. The number of likely N-dealkylation sites (tertiary alicyclic amines) is 1. The lowest BCUT2D eigenvalue weighted by molar-refractivity contribution is -0.146. The molecule has 25 heteroatoms. The number of carboxylic acid groups (broad SMARTS) is 1. The van der Waals surface area contributed by atoms with Gasteiger partial charge >= 0.3 is 5.97 Å². The van der Waals surface area contributed by atoms with Crippen molar-refractivity contribution in [2.45, 2.75) is 116 Å². The van der Waals surface area contributed by atoms with Crippen LogP contribution >= 0.6 is 69.9 Å². The first-order valence-electron chi connectivity index (χ1n) is 32.6. The number of nitrogens with zero attached hydrogens (tertiary/aromatic N) is 9. The third-order valence-electron chi connectivity index (χ3n) is 20.2. The number of aliphatic imine (C=N–C) groups is 2. The van der Waals surface area contributed by atoms with Crippen LogP contribution in [0.3, 0.4) is 0 Å². The van der Waals surface area contributed by atoms with Crippen LogP contribution < -0.4 is 5.32 Å². The minimum atomic E-state index is -0.918. The van der Waals surface area contributed by atoms with Crippen molar-refractivity contribution in [1.82, 2.24) is 39.6 Å². The summed E-state index contributed by atoms with van der Waals surface area (Å²) in [7, 11) is 0. The van der Waals surface area contributed by atoms with Crippen molar-refractivity contribution in [2.75, 3.05) is 78.8 Å². The predicted octanol–water partition coefficient (Wildman–Crippen LogP) is 10.9. The zero-order valence-electron chi connectivity index (χ0n) is 54.5. The number of amidine groups is 2. The van der Waals surface area contributed by atoms with E-state index in [9.17, 15) is 33.9 Å². The highest BCUT2D eigenvalue weighted by Gasteiger charge is 2.58. The number of hydrogen-bond donors (Lipinski definition) is 2. The molecule has 10 heterocycles. The Balaban J connectivity index is 0.000000152. The van der Waals surface area contributed by atoms with Gasteiger partial charge in [-0.05, 0) is 133 Å². The first kappa shape index (κ1) is 68.8. The highest BCUT2D eigenvalue weighted by Crippen LogP contribution is 2.58. The number of carbonyl (C=O) groups excluding carboxylic acids is 5. The molecule has 0 radical (unpaired) electrons. The minimum absolute atomic E-state index is 0.0106. The molecule has 0 aliphatic carbocycles. The first-order valence-corrected chi connectivity index (χ1v) is 35.7. The van der Waals surface area contributed by atoms with Crippen LogP contribution in [-0.2, 0) is 49.3 Å². The lowest BCUT2D eigenvalue weighted by Gasteiger charge is -2.38. The van der Waals surface area contributed by atoms with E-state index in [-0.39, 0.29) is 71.5 Å². The maximum absolute atomic E-state index is 14.9. The molecule has 19 nitrogen and oxygen atoms in total. The Morgan fingerprint density at radius 2 is 0.937 bits per heavy atom. The number of benzene rings is 4. The smallest absolute Gasteiger partial charge is 0.344 e. The molecule has 14 rings (SSSR count). The number of piperazine rings is 2. The summed E-state index contributed by atoms with van der Waals surface area (Å²) < 4.78 is 11.2. The largest absolute Gasteiger partial charge is 0.477 e. The van der Waals surface area contributed by atoms with E-state index in [1.54, 1.807) is 23.6 Å². The Kier molecular flexibility index (Phi) is 20.3. The molecule has 6 saturated heterocycles. The van der Waals surface area contributed by atoms with Gasteiger partial charge in [-0.2, -0.15) is 0 Å². The second kappa shape index (κ2) is 28.0. The number of nitrogens with one attached hydrogen (secondary N) is 1. The third-order valence-corrected chi connectivity index (χ3v) is 23.3. The fourth-order valence-corrected chi connectivity index (χ4v) is 18.3. The molecule has 4 aromatic carbocycles. The molecule has 95 heavy (non-hydrogen) atoms. The van der Waals surface area contributed by atoms with E-state index in [4.69, 9.17) is 65.9 Å². The van der Waals surface area contributed by atoms with Crippen molar-refractivity contribution in [1.29, 1.82) is 0 Å². The lowest BCUT2D eigenvalue weighted by Crippen LogP contribution is -2.56. The van der Waals surface area contributed by atoms with Gasteiger partial charge in [-0.3, -0.25) is 24.0 Å². The molecule has 10 atom stereocenters. The van der Waals surface area contributed by atoms with Gasteiger partial charge in [0.2, 0.25) is 23.6 Å². The van der Waals surface area contributed by atoms with Gasteiger partial charge in [-0.15, -0.1) is 0 Å². The minimum Gasteiger partial charge on any atom is -0.477 e. The van der Waals surface area contributed by atoms with E-state index >= 15 is 0 Å². The van der Waals surface area contributed by atoms with E-state index in [1.165, 1.54) is 23.5 Å². The standard InChI is InChI=1S/C35H39Cl2N5O4S.C22H20Cl2N2O2S.C13H21N3O3/c1-20(2)29-30(33(45)41-27(17-23-18-46-19-28(23)41)32(44)40-15-13-39(14-16-40)21(3)43)47-34-38-35(4,24-7-11-26(37)12-8-24)31(42(29)34)22-5-9-25(36)10-6-22;1-12(2)17-18(20(27)28)29-21-25-22(3,14-6-10-16(24)11-7-14)19(26(17)21)13-4-8-15(23)9-5-13;1-9(17)15-2-4-16(5-3-15)13(18)11-6-10-7-19-8-12(10)14-11/h5-12,20,23,27-28,31H,13-19H2,1-4H3;4-12,19H,1-3H3,(H,27,28);10-12,14H,2-8H2,1H3/t23-,27-,28+,31+,35-;19-,22+;10-,11-,12+/m010/s1. The molecular weight excluding hydrogens is 1330 g/mol. The van der Waals surface area contributed by atoms with E-state index in [2.05, 4.69) is 42.8 Å². The highest BCUT2D eigenvalue weighted by molar-refractivity contribution is 8.18. The number of carbonyl (C=O) groups is 6. The average molecular weight is 1410 g/mol. The number of hydrogen-bond acceptors (Lipinski definition) is 15. The van der Waals surface area contributed by atoms with Crippen LogP contribution in [0, 0.1) is 23.7 Å². The quantitative estimate of drug-likeness (QED) is 0.152. The maximum Gasteiger partial charge on any atom is 0.344 e. The summed E-state index contributed by atoms with van der Waals surface area (Å²) in [5.41, 5.74) is 4.50. The molecule has 4 aromatic rings. The molecule has 5 amide bonds. The van der Waals surface area contributed by atoms with Gasteiger partial charge in [-0.1, -0.05) is 123 Å². The Labute approximate surface area is 583 Å². The zero-order chi connectivity index (χ0) is 67.5. The lowest BCUT2D eigenvalue weighted by atomic mass is 9.81. The zero-order valence-corrected chi connectivity index (χ0v) is 59.1. The molecule has 6 fully saturated rings. The molecule has 504 valence electrons. The Morgan fingerprint density at radius 3 is 1.37 bits per heavy atom. The van der Waals surface area contributed by atoms with Crippen LogP contribution in [0.2, 0.25) is 20.1 Å². The summed E-state index contributed by atoms with van der Waals surface area (Å²) in [5, 5.41) is 17.2. The van der Waals surface area contributed by atoms with Crippen LogP contribution in [0.4, 0.5) is 0 Å².